The highest BCUT2D eigenvalue weighted by Crippen LogP contribution is 2.64. The quantitative estimate of drug-likeness (QED) is 0.724. The summed E-state index contributed by atoms with van der Waals surface area (Å²) in [5.41, 5.74) is 2.46. The number of likely N-dealkylation sites (N-methyl/N-ethyl adjacent to an activating group) is 1. The number of nitrogens with zero attached hydrogens (tertiary/aromatic N) is 2. The van der Waals surface area contributed by atoms with E-state index in [1.807, 2.05) is 4.90 Å². The van der Waals surface area contributed by atoms with Crippen molar-refractivity contribution in [2.75, 3.05) is 40.3 Å². The molecule has 1 heterocycles. The molecule has 174 valence electrons. The van der Waals surface area contributed by atoms with Gasteiger partial charge in [0, 0.05) is 55.2 Å². The van der Waals surface area contributed by atoms with E-state index in [1.165, 1.54) is 18.5 Å². The van der Waals surface area contributed by atoms with Crippen LogP contribution in [-0.2, 0) is 9.59 Å². The van der Waals surface area contributed by atoms with Gasteiger partial charge < -0.3 is 15.1 Å². The lowest BCUT2D eigenvalue weighted by molar-refractivity contribution is -0.142. The number of amides is 1. The van der Waals surface area contributed by atoms with Crippen LogP contribution < -0.4 is 5.32 Å². The van der Waals surface area contributed by atoms with E-state index in [9.17, 15) is 9.59 Å². The van der Waals surface area contributed by atoms with E-state index in [0.29, 0.717) is 35.9 Å². The molecule has 0 unspecified atom stereocenters. The lowest BCUT2D eigenvalue weighted by Crippen LogP contribution is -2.58. The second kappa shape index (κ2) is 8.20. The van der Waals surface area contributed by atoms with Crippen LogP contribution in [0.4, 0.5) is 0 Å². The number of nitrogens with one attached hydrogen (secondary N) is 1. The zero-order valence-electron chi connectivity index (χ0n) is 20.6. The van der Waals surface area contributed by atoms with Gasteiger partial charge in [-0.2, -0.15) is 0 Å². The number of carbonyl (C=O) groups is 2. The summed E-state index contributed by atoms with van der Waals surface area (Å²) in [6.07, 6.45) is 6.21. The number of piperidine rings is 1. The fourth-order valence-electron chi connectivity index (χ4n) is 8.04. The molecule has 0 bridgehead atoms. The van der Waals surface area contributed by atoms with Gasteiger partial charge in [-0.3, -0.25) is 9.59 Å². The largest absolute Gasteiger partial charge is 0.387 e. The number of rotatable bonds is 5. The van der Waals surface area contributed by atoms with Gasteiger partial charge in [-0.25, -0.2) is 0 Å². The molecular weight excluding hydrogens is 386 g/mol. The highest BCUT2D eigenvalue weighted by molar-refractivity contribution is 5.97. The summed E-state index contributed by atoms with van der Waals surface area (Å²) in [7, 11) is 4.10. The molecule has 0 aromatic carbocycles. The first-order valence-electron chi connectivity index (χ1n) is 12.6. The molecule has 0 radical (unpaired) electrons. The number of carbonyl (C=O) groups excluding carboxylic acids is 2. The Labute approximate surface area is 189 Å². The van der Waals surface area contributed by atoms with E-state index in [1.54, 1.807) is 0 Å². The first kappa shape index (κ1) is 22.8. The summed E-state index contributed by atoms with van der Waals surface area (Å²) in [5, 5.41) is 3.80. The van der Waals surface area contributed by atoms with Crippen molar-refractivity contribution in [2.24, 2.45) is 34.5 Å². The molecule has 0 aromatic heterocycles. The van der Waals surface area contributed by atoms with E-state index in [-0.39, 0.29) is 16.7 Å². The fourth-order valence-corrected chi connectivity index (χ4v) is 8.04. The summed E-state index contributed by atoms with van der Waals surface area (Å²) >= 11 is 0. The highest BCUT2D eigenvalue weighted by Gasteiger charge is 2.61. The maximum absolute atomic E-state index is 13.4. The molecule has 6 atom stereocenters. The molecule has 0 spiro atoms. The molecule has 5 heteroatoms. The summed E-state index contributed by atoms with van der Waals surface area (Å²) in [5.74, 6) is 2.74. The molecule has 3 aliphatic carbocycles. The fraction of sp³-hybridized carbons (Fsp3) is 0.846. The maximum atomic E-state index is 13.4. The van der Waals surface area contributed by atoms with E-state index < -0.39 is 0 Å². The Balaban J connectivity index is 1.63. The SMILES string of the molecule is CCN(CC)C(=O)[C@H]1CC[C@H]2[C@@H]3CNC4=C(CN(C)C)C(=O)CC[C@]4(C)[C@H]3CC[C@]12C. The van der Waals surface area contributed by atoms with Crippen molar-refractivity contribution < 1.29 is 9.59 Å². The van der Waals surface area contributed by atoms with Gasteiger partial charge in [-0.05, 0) is 83.2 Å². The van der Waals surface area contributed by atoms with Gasteiger partial charge >= 0.3 is 0 Å². The standard InChI is InChI=1S/C26H43N3O2/c1-7-29(8-2)24(31)21-10-9-19-17-15-27-23-18(16-28(5)6)22(30)12-14-26(23,4)20(17)11-13-25(19,21)3/h17,19-21,27H,7-16H2,1-6H3/t17-,19-,20-,21+,25-,26+/m0/s1. The van der Waals surface area contributed by atoms with Crippen LogP contribution in [0.3, 0.4) is 0 Å². The zero-order valence-corrected chi connectivity index (χ0v) is 20.6. The minimum absolute atomic E-state index is 0.0739. The molecule has 3 fully saturated rings. The monoisotopic (exact) mass is 429 g/mol. The lowest BCUT2D eigenvalue weighted by Gasteiger charge is -2.58. The summed E-state index contributed by atoms with van der Waals surface area (Å²) in [6, 6.07) is 0. The van der Waals surface area contributed by atoms with Gasteiger partial charge in [0.05, 0.1) is 0 Å². The molecule has 2 saturated carbocycles. The second-order valence-electron chi connectivity index (χ2n) is 11.4. The van der Waals surface area contributed by atoms with Crippen molar-refractivity contribution in [1.29, 1.82) is 0 Å². The first-order valence-corrected chi connectivity index (χ1v) is 12.6. The Morgan fingerprint density at radius 1 is 1.06 bits per heavy atom. The van der Waals surface area contributed by atoms with Crippen LogP contribution in [0.25, 0.3) is 0 Å². The van der Waals surface area contributed by atoms with Crippen molar-refractivity contribution >= 4 is 11.7 Å². The molecule has 1 N–H and O–H groups in total. The van der Waals surface area contributed by atoms with Gasteiger partial charge in [0.2, 0.25) is 5.91 Å². The predicted octanol–water partition coefficient (Wildman–Crippen LogP) is 3.70. The third-order valence-corrected chi connectivity index (χ3v) is 9.70. The Morgan fingerprint density at radius 2 is 1.77 bits per heavy atom. The molecule has 1 saturated heterocycles. The van der Waals surface area contributed by atoms with Crippen molar-refractivity contribution in [2.45, 2.75) is 66.2 Å². The van der Waals surface area contributed by atoms with Crippen LogP contribution in [0.2, 0.25) is 0 Å². The smallest absolute Gasteiger partial charge is 0.226 e. The molecule has 1 aliphatic heterocycles. The Morgan fingerprint density at radius 3 is 2.42 bits per heavy atom. The number of ketones is 1. The van der Waals surface area contributed by atoms with Gasteiger partial charge in [0.1, 0.15) is 0 Å². The van der Waals surface area contributed by atoms with Crippen LogP contribution in [0.15, 0.2) is 11.3 Å². The third-order valence-electron chi connectivity index (χ3n) is 9.70. The van der Waals surface area contributed by atoms with E-state index in [2.05, 4.69) is 52.0 Å². The topological polar surface area (TPSA) is 52.7 Å². The van der Waals surface area contributed by atoms with Crippen LogP contribution in [0.5, 0.6) is 0 Å². The minimum atomic E-state index is 0.0739. The van der Waals surface area contributed by atoms with Crippen LogP contribution in [0.1, 0.15) is 66.2 Å². The molecule has 4 aliphatic rings. The highest BCUT2D eigenvalue weighted by atomic mass is 16.2. The average Bonchev–Trinajstić information content (AvgIpc) is 3.08. The van der Waals surface area contributed by atoms with Crippen LogP contribution in [0, 0.1) is 34.5 Å². The number of hydrogen-bond acceptors (Lipinski definition) is 4. The maximum Gasteiger partial charge on any atom is 0.226 e. The molecular formula is C26H43N3O2. The molecule has 4 rings (SSSR count). The molecule has 31 heavy (non-hydrogen) atoms. The number of hydrogen-bond donors (Lipinski definition) is 1. The zero-order chi connectivity index (χ0) is 22.6. The van der Waals surface area contributed by atoms with Crippen LogP contribution >= 0.6 is 0 Å². The summed E-state index contributed by atoms with van der Waals surface area (Å²) in [6.45, 7) is 12.4. The van der Waals surface area contributed by atoms with Crippen LogP contribution in [-0.4, -0.2) is 61.8 Å². The van der Waals surface area contributed by atoms with E-state index >= 15 is 0 Å². The lowest BCUT2D eigenvalue weighted by atomic mass is 9.49. The average molecular weight is 430 g/mol. The van der Waals surface area contributed by atoms with Gasteiger partial charge in [0.25, 0.3) is 0 Å². The van der Waals surface area contributed by atoms with Crippen molar-refractivity contribution in [3.8, 4) is 0 Å². The summed E-state index contributed by atoms with van der Waals surface area (Å²) in [4.78, 5) is 30.3. The molecule has 1 amide bonds. The van der Waals surface area contributed by atoms with Crippen molar-refractivity contribution in [3.05, 3.63) is 11.3 Å². The number of fused-ring (bicyclic) bond motifs is 5. The third kappa shape index (κ3) is 3.46. The number of Topliss-reactive ketones (excluding diaryl/α,β-unsaturated/α-hetero) is 1. The summed E-state index contributed by atoms with van der Waals surface area (Å²) < 4.78 is 0. The Hall–Kier alpha value is -1.36. The Kier molecular flexibility index (Phi) is 6.04. The minimum Gasteiger partial charge on any atom is -0.387 e. The second-order valence-corrected chi connectivity index (χ2v) is 11.4. The number of allylic oxidation sites excluding steroid dienone is 1. The molecule has 5 nitrogen and oxygen atoms in total. The van der Waals surface area contributed by atoms with Gasteiger partial charge in [-0.15, -0.1) is 0 Å². The molecule has 0 aromatic rings. The van der Waals surface area contributed by atoms with Crippen molar-refractivity contribution in [3.63, 3.8) is 0 Å². The van der Waals surface area contributed by atoms with Gasteiger partial charge in [-0.1, -0.05) is 13.8 Å². The van der Waals surface area contributed by atoms with E-state index in [0.717, 1.165) is 51.0 Å². The Bertz CT molecular complexity index is 771. The predicted molar refractivity (Wildman–Crippen MR) is 124 cm³/mol. The normalized spacial score (nSPS) is 39.6. The van der Waals surface area contributed by atoms with Gasteiger partial charge in [0.15, 0.2) is 5.78 Å². The van der Waals surface area contributed by atoms with E-state index in [4.69, 9.17) is 0 Å². The first-order chi connectivity index (χ1) is 14.7. The van der Waals surface area contributed by atoms with Crippen molar-refractivity contribution in [1.82, 2.24) is 15.1 Å².